The molecule has 1 amide bonds. The van der Waals surface area contributed by atoms with Crippen molar-refractivity contribution < 1.29 is 19.1 Å². The number of esters is 1. The van der Waals surface area contributed by atoms with Gasteiger partial charge in [0.25, 0.3) is 5.91 Å². The van der Waals surface area contributed by atoms with E-state index in [9.17, 15) is 9.59 Å². The molecular formula is C13H10Cl2N2O4S. The molecule has 0 radical (unpaired) electrons. The molecule has 0 unspecified atom stereocenters. The smallest absolute Gasteiger partial charge is 0.349 e. The summed E-state index contributed by atoms with van der Waals surface area (Å²) < 4.78 is 9.84. The minimum Gasteiger partial charge on any atom is -0.482 e. The number of carbonyl (C=O) groups excluding carboxylic acids is 2. The van der Waals surface area contributed by atoms with Crippen LogP contribution >= 0.6 is 34.5 Å². The molecule has 1 heterocycles. The van der Waals surface area contributed by atoms with E-state index in [1.807, 2.05) is 0 Å². The van der Waals surface area contributed by atoms with E-state index in [1.54, 1.807) is 12.1 Å². The highest BCUT2D eigenvalue weighted by molar-refractivity contribution is 7.17. The molecule has 0 bridgehead atoms. The number of methoxy groups -OCH3 is 1. The van der Waals surface area contributed by atoms with Crippen molar-refractivity contribution in [2.45, 2.75) is 0 Å². The molecule has 6 nitrogen and oxygen atoms in total. The number of thiazole rings is 1. The van der Waals surface area contributed by atoms with Gasteiger partial charge in [0.1, 0.15) is 10.6 Å². The van der Waals surface area contributed by atoms with Gasteiger partial charge in [-0.05, 0) is 18.2 Å². The summed E-state index contributed by atoms with van der Waals surface area (Å²) in [6, 6.07) is 4.68. The second kappa shape index (κ2) is 7.44. The Balaban J connectivity index is 1.90. The van der Waals surface area contributed by atoms with Gasteiger partial charge in [-0.25, -0.2) is 9.78 Å². The number of halogens is 2. The fourth-order valence-corrected chi connectivity index (χ4v) is 2.63. The molecule has 116 valence electrons. The molecule has 1 aromatic heterocycles. The molecule has 2 rings (SSSR count). The van der Waals surface area contributed by atoms with Crippen LogP contribution in [0.4, 0.5) is 5.13 Å². The van der Waals surface area contributed by atoms with Gasteiger partial charge in [-0.3, -0.25) is 10.1 Å². The van der Waals surface area contributed by atoms with Gasteiger partial charge in [0, 0.05) is 5.02 Å². The number of anilines is 1. The molecule has 22 heavy (non-hydrogen) atoms. The Bertz CT molecular complexity index is 705. The molecule has 0 aliphatic rings. The second-order valence-corrected chi connectivity index (χ2v) is 5.81. The van der Waals surface area contributed by atoms with Crippen LogP contribution in [0, 0.1) is 0 Å². The van der Waals surface area contributed by atoms with Gasteiger partial charge in [0.05, 0.1) is 18.3 Å². The molecule has 0 saturated heterocycles. The highest BCUT2D eigenvalue weighted by atomic mass is 35.5. The quantitative estimate of drug-likeness (QED) is 0.828. The van der Waals surface area contributed by atoms with Crippen LogP contribution in [-0.4, -0.2) is 30.6 Å². The van der Waals surface area contributed by atoms with E-state index in [0.29, 0.717) is 20.7 Å². The van der Waals surface area contributed by atoms with Gasteiger partial charge in [-0.15, -0.1) is 0 Å². The zero-order valence-electron chi connectivity index (χ0n) is 11.3. The fourth-order valence-electron chi connectivity index (χ4n) is 1.42. The SMILES string of the molecule is COC(=O)c1cnc(NC(=O)COc2ccc(Cl)cc2Cl)s1. The first-order valence-corrected chi connectivity index (χ1v) is 7.48. The Hall–Kier alpha value is -1.83. The molecule has 0 aliphatic carbocycles. The molecule has 9 heteroatoms. The molecule has 0 fully saturated rings. The molecule has 1 aromatic carbocycles. The van der Waals surface area contributed by atoms with E-state index in [4.69, 9.17) is 27.9 Å². The van der Waals surface area contributed by atoms with Crippen LogP contribution in [0.2, 0.25) is 10.0 Å². The molecular weight excluding hydrogens is 351 g/mol. The maximum atomic E-state index is 11.8. The Labute approximate surface area is 140 Å². The summed E-state index contributed by atoms with van der Waals surface area (Å²) in [5.74, 6) is -0.602. The maximum Gasteiger partial charge on any atom is 0.349 e. The summed E-state index contributed by atoms with van der Waals surface area (Å²) in [6.45, 7) is -0.255. The van der Waals surface area contributed by atoms with E-state index in [0.717, 1.165) is 11.3 Å². The van der Waals surface area contributed by atoms with Crippen molar-refractivity contribution >= 4 is 51.5 Å². The number of rotatable bonds is 5. The van der Waals surface area contributed by atoms with Crippen LogP contribution in [-0.2, 0) is 9.53 Å². The van der Waals surface area contributed by atoms with Crippen LogP contribution in [0.3, 0.4) is 0 Å². The normalized spacial score (nSPS) is 10.1. The highest BCUT2D eigenvalue weighted by Gasteiger charge is 2.13. The van der Waals surface area contributed by atoms with E-state index in [2.05, 4.69) is 15.0 Å². The van der Waals surface area contributed by atoms with Crippen molar-refractivity contribution in [3.8, 4) is 5.75 Å². The Morgan fingerprint density at radius 2 is 2.14 bits per heavy atom. The molecule has 0 spiro atoms. The average molecular weight is 361 g/mol. The largest absolute Gasteiger partial charge is 0.482 e. The number of aromatic nitrogens is 1. The first-order valence-electron chi connectivity index (χ1n) is 5.91. The fraction of sp³-hybridized carbons (Fsp3) is 0.154. The lowest BCUT2D eigenvalue weighted by Gasteiger charge is -2.07. The van der Waals surface area contributed by atoms with Crippen LogP contribution in [0.25, 0.3) is 0 Å². The van der Waals surface area contributed by atoms with Crippen molar-refractivity contribution in [1.29, 1.82) is 0 Å². The van der Waals surface area contributed by atoms with Gasteiger partial charge in [0.2, 0.25) is 0 Å². The van der Waals surface area contributed by atoms with Crippen molar-refractivity contribution in [2.24, 2.45) is 0 Å². The zero-order chi connectivity index (χ0) is 16.1. The van der Waals surface area contributed by atoms with Crippen molar-refractivity contribution in [3.63, 3.8) is 0 Å². The summed E-state index contributed by atoms with van der Waals surface area (Å²) in [5.41, 5.74) is 0. The Kier molecular flexibility index (Phi) is 5.59. The first kappa shape index (κ1) is 16.5. The number of ether oxygens (including phenoxy) is 2. The topological polar surface area (TPSA) is 77.5 Å². The number of carbonyl (C=O) groups is 2. The minimum atomic E-state index is -0.512. The van der Waals surface area contributed by atoms with Crippen LogP contribution in [0.5, 0.6) is 5.75 Å². The third-order valence-corrected chi connectivity index (χ3v) is 3.81. The van der Waals surface area contributed by atoms with E-state index in [-0.39, 0.29) is 11.7 Å². The summed E-state index contributed by atoms with van der Waals surface area (Å²) in [6.07, 6.45) is 1.32. The highest BCUT2D eigenvalue weighted by Crippen LogP contribution is 2.27. The summed E-state index contributed by atoms with van der Waals surface area (Å²) in [7, 11) is 1.27. The number of amides is 1. The van der Waals surface area contributed by atoms with Crippen molar-refractivity contribution in [1.82, 2.24) is 4.98 Å². The van der Waals surface area contributed by atoms with Gasteiger partial charge in [0.15, 0.2) is 11.7 Å². The van der Waals surface area contributed by atoms with Gasteiger partial charge < -0.3 is 9.47 Å². The van der Waals surface area contributed by atoms with Crippen LogP contribution in [0.1, 0.15) is 9.67 Å². The standard InChI is InChI=1S/C13H10Cl2N2O4S/c1-20-12(19)10-5-16-13(22-10)17-11(18)6-21-9-3-2-7(14)4-8(9)15/h2-5H,6H2,1H3,(H,16,17,18). The van der Waals surface area contributed by atoms with Crippen molar-refractivity contribution in [2.75, 3.05) is 19.0 Å². The van der Waals surface area contributed by atoms with E-state index < -0.39 is 11.9 Å². The summed E-state index contributed by atoms with van der Waals surface area (Å²) >= 11 is 12.7. The molecule has 0 aliphatic heterocycles. The third-order valence-electron chi connectivity index (χ3n) is 2.39. The Morgan fingerprint density at radius 3 is 2.82 bits per heavy atom. The van der Waals surface area contributed by atoms with Gasteiger partial charge in [-0.1, -0.05) is 34.5 Å². The Morgan fingerprint density at radius 1 is 1.36 bits per heavy atom. The van der Waals surface area contributed by atoms with E-state index in [1.165, 1.54) is 19.4 Å². The lowest BCUT2D eigenvalue weighted by molar-refractivity contribution is -0.118. The van der Waals surface area contributed by atoms with Crippen LogP contribution in [0.15, 0.2) is 24.4 Å². The van der Waals surface area contributed by atoms with Crippen molar-refractivity contribution in [3.05, 3.63) is 39.3 Å². The molecule has 1 N–H and O–H groups in total. The molecule has 0 saturated carbocycles. The zero-order valence-corrected chi connectivity index (χ0v) is 13.6. The average Bonchev–Trinajstić information content (AvgIpc) is 2.94. The van der Waals surface area contributed by atoms with Crippen LogP contribution < -0.4 is 10.1 Å². The van der Waals surface area contributed by atoms with E-state index >= 15 is 0 Å². The van der Waals surface area contributed by atoms with Gasteiger partial charge in [-0.2, -0.15) is 0 Å². The number of nitrogens with one attached hydrogen (secondary N) is 1. The number of hydrogen-bond acceptors (Lipinski definition) is 6. The summed E-state index contributed by atoms with van der Waals surface area (Å²) in [4.78, 5) is 27.2. The first-order chi connectivity index (χ1) is 10.5. The molecule has 0 atom stereocenters. The number of nitrogens with zero attached hydrogens (tertiary/aromatic N) is 1. The predicted molar refractivity (Wildman–Crippen MR) is 84.0 cm³/mol. The second-order valence-electron chi connectivity index (χ2n) is 3.93. The summed E-state index contributed by atoms with van der Waals surface area (Å²) in [5, 5.41) is 3.56. The minimum absolute atomic E-state index is 0.255. The monoisotopic (exact) mass is 360 g/mol. The number of hydrogen-bond donors (Lipinski definition) is 1. The third kappa shape index (κ3) is 4.33. The van der Waals surface area contributed by atoms with Gasteiger partial charge >= 0.3 is 5.97 Å². The molecule has 2 aromatic rings. The lowest BCUT2D eigenvalue weighted by Crippen LogP contribution is -2.20. The maximum absolute atomic E-state index is 11.8. The lowest BCUT2D eigenvalue weighted by atomic mass is 10.3. The predicted octanol–water partition coefficient (Wildman–Crippen LogP) is 3.25. The number of benzene rings is 1.